The number of methoxy groups -OCH3 is 4. The van der Waals surface area contributed by atoms with Crippen molar-refractivity contribution >= 4 is 55.9 Å². The Balaban J connectivity index is 1.28. The van der Waals surface area contributed by atoms with Gasteiger partial charge in [-0.15, -0.1) is 10.2 Å². The molecule has 14 heteroatoms. The Bertz CT molecular complexity index is 1970. The van der Waals surface area contributed by atoms with Crippen LogP contribution in [0.4, 0.5) is 16.6 Å². The normalized spacial score (nSPS) is 10.9. The number of nitrogens with zero attached hydrogens (tertiary/aromatic N) is 5. The minimum atomic E-state index is -0.216. The molecule has 0 atom stereocenters. The van der Waals surface area contributed by atoms with E-state index in [-0.39, 0.29) is 11.7 Å². The van der Waals surface area contributed by atoms with E-state index in [0.717, 1.165) is 21.7 Å². The number of hydrogen-bond acceptors (Lipinski definition) is 12. The van der Waals surface area contributed by atoms with Gasteiger partial charge in [-0.3, -0.25) is 9.36 Å². The average molecular weight is 656 g/mol. The monoisotopic (exact) mass is 655 g/mol. The summed E-state index contributed by atoms with van der Waals surface area (Å²) in [5.74, 6) is 3.15. The number of rotatable bonds is 12. The van der Waals surface area contributed by atoms with Gasteiger partial charge in [0.1, 0.15) is 11.6 Å². The number of thioether (sulfide) groups is 1. The lowest BCUT2D eigenvalue weighted by molar-refractivity contribution is -0.113. The molecular weight excluding hydrogens is 627 g/mol. The van der Waals surface area contributed by atoms with Gasteiger partial charge in [0.25, 0.3) is 0 Å². The predicted octanol–water partition coefficient (Wildman–Crippen LogP) is 6.45. The molecule has 0 saturated heterocycles. The summed E-state index contributed by atoms with van der Waals surface area (Å²) >= 11 is 2.65. The van der Waals surface area contributed by atoms with Gasteiger partial charge in [-0.2, -0.15) is 0 Å². The van der Waals surface area contributed by atoms with Gasteiger partial charge < -0.3 is 29.6 Å². The van der Waals surface area contributed by atoms with E-state index < -0.39 is 0 Å². The van der Waals surface area contributed by atoms with Gasteiger partial charge in [-0.05, 0) is 42.5 Å². The van der Waals surface area contributed by atoms with Crippen LogP contribution in [0, 0.1) is 0 Å². The number of benzene rings is 3. The van der Waals surface area contributed by atoms with Gasteiger partial charge >= 0.3 is 0 Å². The highest BCUT2D eigenvalue weighted by atomic mass is 32.2. The van der Waals surface area contributed by atoms with Crippen LogP contribution in [0.15, 0.2) is 84.1 Å². The largest absolute Gasteiger partial charge is 0.497 e. The first kappa shape index (κ1) is 30.7. The quantitative estimate of drug-likeness (QED) is 0.141. The van der Waals surface area contributed by atoms with Crippen molar-refractivity contribution in [2.45, 2.75) is 5.16 Å². The maximum Gasteiger partial charge on any atom is 0.236 e. The summed E-state index contributed by atoms with van der Waals surface area (Å²) in [5, 5.41) is 16.3. The maximum atomic E-state index is 13.0. The number of nitrogens with one attached hydrogen (secondary N) is 2. The van der Waals surface area contributed by atoms with Crippen molar-refractivity contribution in [1.29, 1.82) is 0 Å². The molecule has 6 rings (SSSR count). The van der Waals surface area contributed by atoms with E-state index in [4.69, 9.17) is 18.9 Å². The smallest absolute Gasteiger partial charge is 0.236 e. The molecule has 12 nitrogen and oxygen atoms in total. The lowest BCUT2D eigenvalue weighted by atomic mass is 10.2. The van der Waals surface area contributed by atoms with E-state index in [1.807, 2.05) is 65.2 Å². The maximum absolute atomic E-state index is 13.0. The summed E-state index contributed by atoms with van der Waals surface area (Å²) < 4.78 is 24.6. The number of ether oxygens (including phenoxy) is 4. The second kappa shape index (κ2) is 13.7. The molecule has 46 heavy (non-hydrogen) atoms. The van der Waals surface area contributed by atoms with Crippen LogP contribution in [0.5, 0.6) is 23.0 Å². The van der Waals surface area contributed by atoms with E-state index in [1.54, 1.807) is 46.8 Å². The molecular formula is C32H29N7O5S2. The van der Waals surface area contributed by atoms with Gasteiger partial charge in [0.05, 0.1) is 50.0 Å². The fourth-order valence-electron chi connectivity index (χ4n) is 4.69. The van der Waals surface area contributed by atoms with E-state index in [1.165, 1.54) is 23.1 Å². The molecule has 0 bridgehead atoms. The number of pyridine rings is 1. The summed E-state index contributed by atoms with van der Waals surface area (Å²) in [6.45, 7) is 0. The number of aromatic nitrogens is 5. The van der Waals surface area contributed by atoms with Crippen molar-refractivity contribution in [2.75, 3.05) is 44.8 Å². The van der Waals surface area contributed by atoms with Crippen molar-refractivity contribution in [3.8, 4) is 40.1 Å². The molecule has 3 aromatic carbocycles. The highest BCUT2D eigenvalue weighted by Crippen LogP contribution is 2.41. The Morgan fingerprint density at radius 2 is 1.67 bits per heavy atom. The number of para-hydroxylation sites is 1. The molecule has 3 heterocycles. The van der Waals surface area contributed by atoms with Crippen LogP contribution in [0.2, 0.25) is 0 Å². The zero-order chi connectivity index (χ0) is 32.0. The lowest BCUT2D eigenvalue weighted by Gasteiger charge is -2.16. The summed E-state index contributed by atoms with van der Waals surface area (Å²) in [5.41, 5.74) is 2.97. The van der Waals surface area contributed by atoms with Gasteiger partial charge in [0, 0.05) is 29.7 Å². The molecule has 0 radical (unpaired) electrons. The molecule has 0 fully saturated rings. The fourth-order valence-corrected chi connectivity index (χ4v) is 6.36. The van der Waals surface area contributed by atoms with Crippen LogP contribution in [0.3, 0.4) is 0 Å². The van der Waals surface area contributed by atoms with Gasteiger partial charge in [-0.25, -0.2) is 9.97 Å². The first-order chi connectivity index (χ1) is 22.5. The summed E-state index contributed by atoms with van der Waals surface area (Å²) in [7, 11) is 6.29. The number of fused-ring (bicyclic) bond motifs is 1. The summed E-state index contributed by atoms with van der Waals surface area (Å²) in [4.78, 5) is 22.1. The van der Waals surface area contributed by atoms with E-state index in [2.05, 4.69) is 30.8 Å². The standard InChI is InChI=1S/C32H29N7O5S2/c1-41-21-12-13-23-26(17-21)46-31(35-23)36-27(40)18-45-32-38-37-30(39(32)20-9-6-5-7-10-20)22-11-8-14-33-29(22)34-19-15-24(42-2)28(44-4)25(16-19)43-3/h5-17H,18H2,1-4H3,(H,33,34)(H,35,36,40). The topological polar surface area (TPSA) is 135 Å². The fraction of sp³-hybridized carbons (Fsp3) is 0.156. The zero-order valence-electron chi connectivity index (χ0n) is 25.3. The molecule has 0 saturated carbocycles. The van der Waals surface area contributed by atoms with Gasteiger partial charge in [0.2, 0.25) is 11.7 Å². The second-order valence-electron chi connectivity index (χ2n) is 9.61. The Labute approximate surface area is 272 Å². The second-order valence-corrected chi connectivity index (χ2v) is 11.6. The minimum Gasteiger partial charge on any atom is -0.497 e. The van der Waals surface area contributed by atoms with Crippen LogP contribution in [0.1, 0.15) is 0 Å². The molecule has 3 aromatic heterocycles. The number of carbonyl (C=O) groups is 1. The molecule has 0 aliphatic heterocycles. The van der Waals surface area contributed by atoms with Crippen LogP contribution in [0.25, 0.3) is 27.3 Å². The summed E-state index contributed by atoms with van der Waals surface area (Å²) in [6.07, 6.45) is 1.69. The van der Waals surface area contributed by atoms with Gasteiger partial charge in [0.15, 0.2) is 27.6 Å². The average Bonchev–Trinajstić information content (AvgIpc) is 3.70. The third kappa shape index (κ3) is 6.39. The Kier molecular flexibility index (Phi) is 9.17. The van der Waals surface area contributed by atoms with Crippen LogP contribution in [-0.2, 0) is 4.79 Å². The molecule has 6 aromatic rings. The number of anilines is 3. The molecule has 0 unspecified atom stereocenters. The third-order valence-electron chi connectivity index (χ3n) is 6.80. The SMILES string of the molecule is COc1ccc2nc(NC(=O)CSc3nnc(-c4cccnc4Nc4cc(OC)c(OC)c(OC)c4)n3-c3ccccc3)sc2c1. The number of hydrogen-bond donors (Lipinski definition) is 2. The Morgan fingerprint density at radius 3 is 2.39 bits per heavy atom. The molecule has 1 amide bonds. The van der Waals surface area contributed by atoms with E-state index >= 15 is 0 Å². The van der Waals surface area contributed by atoms with Crippen LogP contribution >= 0.6 is 23.1 Å². The number of thiazole rings is 1. The van der Waals surface area contributed by atoms with E-state index in [9.17, 15) is 4.79 Å². The first-order valence-corrected chi connectivity index (χ1v) is 15.7. The van der Waals surface area contributed by atoms with Crippen molar-refractivity contribution < 1.29 is 23.7 Å². The summed E-state index contributed by atoms with van der Waals surface area (Å²) in [6, 6.07) is 22.6. The zero-order valence-corrected chi connectivity index (χ0v) is 26.9. The molecule has 0 aliphatic carbocycles. The van der Waals surface area contributed by atoms with Crippen LogP contribution < -0.4 is 29.6 Å². The molecule has 234 valence electrons. The first-order valence-electron chi connectivity index (χ1n) is 13.9. The lowest BCUT2D eigenvalue weighted by Crippen LogP contribution is -2.14. The molecule has 0 spiro atoms. The highest BCUT2D eigenvalue weighted by Gasteiger charge is 2.21. The van der Waals surface area contributed by atoms with Crippen molar-refractivity contribution in [2.24, 2.45) is 0 Å². The van der Waals surface area contributed by atoms with Crippen molar-refractivity contribution in [1.82, 2.24) is 24.7 Å². The number of carbonyl (C=O) groups excluding carboxylic acids is 1. The van der Waals surface area contributed by atoms with Crippen molar-refractivity contribution in [3.05, 3.63) is 79.0 Å². The molecule has 2 N–H and O–H groups in total. The highest BCUT2D eigenvalue weighted by molar-refractivity contribution is 7.99. The van der Waals surface area contributed by atoms with Crippen molar-refractivity contribution in [3.63, 3.8) is 0 Å². The van der Waals surface area contributed by atoms with Crippen LogP contribution in [-0.4, -0.2) is 64.8 Å². The Hall–Kier alpha value is -5.34. The third-order valence-corrected chi connectivity index (χ3v) is 8.66. The minimum absolute atomic E-state index is 0.0911. The van der Waals surface area contributed by atoms with Gasteiger partial charge in [-0.1, -0.05) is 41.3 Å². The Morgan fingerprint density at radius 1 is 0.891 bits per heavy atom. The van der Waals surface area contributed by atoms with E-state index in [0.29, 0.717) is 50.4 Å². The predicted molar refractivity (Wildman–Crippen MR) is 179 cm³/mol. The molecule has 0 aliphatic rings. The number of amides is 1.